The highest BCUT2D eigenvalue weighted by Gasteiger charge is 2.27. The maximum atomic E-state index is 12.2. The quantitative estimate of drug-likeness (QED) is 0.485. The Morgan fingerprint density at radius 2 is 1.90 bits per heavy atom. The Kier molecular flexibility index (Phi) is 9.01. The zero-order valence-electron chi connectivity index (χ0n) is 17.2. The van der Waals surface area contributed by atoms with Gasteiger partial charge in [-0.05, 0) is 25.0 Å². The van der Waals surface area contributed by atoms with Crippen molar-refractivity contribution in [2.45, 2.75) is 32.9 Å². The zero-order chi connectivity index (χ0) is 21.2. The van der Waals surface area contributed by atoms with E-state index in [0.717, 1.165) is 0 Å². The molecule has 1 heterocycles. The van der Waals surface area contributed by atoms with E-state index in [0.29, 0.717) is 37.8 Å². The molecule has 0 aromatic heterocycles. The molecule has 1 fully saturated rings. The minimum Gasteiger partial charge on any atom is -0.490 e. The van der Waals surface area contributed by atoms with Crippen molar-refractivity contribution in [2.24, 2.45) is 11.7 Å². The third-order valence-electron chi connectivity index (χ3n) is 4.34. The van der Waals surface area contributed by atoms with E-state index in [9.17, 15) is 9.59 Å². The van der Waals surface area contributed by atoms with Crippen LogP contribution in [-0.4, -0.2) is 68.8 Å². The molecule has 9 heteroatoms. The van der Waals surface area contributed by atoms with Gasteiger partial charge >= 0.3 is 12.1 Å². The van der Waals surface area contributed by atoms with Crippen LogP contribution >= 0.6 is 0 Å². The van der Waals surface area contributed by atoms with Crippen molar-refractivity contribution in [1.29, 1.82) is 0 Å². The number of esters is 1. The Hall–Kier alpha value is -2.52. The molecule has 162 valence electrons. The lowest BCUT2D eigenvalue weighted by atomic mass is 10.1. The third kappa shape index (κ3) is 7.10. The molecular formula is C20H30N2O7. The molecule has 2 N–H and O–H groups in total. The number of morpholine rings is 1. The number of ether oxygens (including phenoxy) is 5. The summed E-state index contributed by atoms with van der Waals surface area (Å²) in [5.74, 6) is 0.606. The van der Waals surface area contributed by atoms with Crippen molar-refractivity contribution in [3.05, 3.63) is 24.3 Å². The molecule has 0 radical (unpaired) electrons. The van der Waals surface area contributed by atoms with Gasteiger partial charge in [-0.25, -0.2) is 4.79 Å². The fourth-order valence-corrected chi connectivity index (χ4v) is 2.61. The number of benzene rings is 1. The second-order valence-corrected chi connectivity index (χ2v) is 6.89. The molecule has 1 aliphatic rings. The predicted octanol–water partition coefficient (Wildman–Crippen LogP) is 1.79. The molecule has 29 heavy (non-hydrogen) atoms. The average Bonchev–Trinajstić information content (AvgIpc) is 2.72. The van der Waals surface area contributed by atoms with E-state index in [1.807, 2.05) is 31.2 Å². The average molecular weight is 410 g/mol. The Balaban J connectivity index is 1.77. The Bertz CT molecular complexity index is 668. The van der Waals surface area contributed by atoms with Crippen LogP contribution in [0.1, 0.15) is 20.8 Å². The number of nitrogens with two attached hydrogens (primary N) is 1. The van der Waals surface area contributed by atoms with Crippen LogP contribution in [0.4, 0.5) is 4.79 Å². The molecule has 0 bridgehead atoms. The van der Waals surface area contributed by atoms with Crippen molar-refractivity contribution in [1.82, 2.24) is 4.90 Å². The van der Waals surface area contributed by atoms with Gasteiger partial charge in [0, 0.05) is 6.54 Å². The van der Waals surface area contributed by atoms with Crippen LogP contribution in [0, 0.1) is 5.92 Å². The van der Waals surface area contributed by atoms with E-state index in [-0.39, 0.29) is 18.6 Å². The Morgan fingerprint density at radius 3 is 2.55 bits per heavy atom. The number of carbonyl (C=O) groups is 2. The predicted molar refractivity (Wildman–Crippen MR) is 105 cm³/mol. The van der Waals surface area contributed by atoms with E-state index in [1.165, 1.54) is 4.90 Å². The summed E-state index contributed by atoms with van der Waals surface area (Å²) < 4.78 is 26.9. The van der Waals surface area contributed by atoms with Crippen LogP contribution < -0.4 is 15.2 Å². The molecule has 2 atom stereocenters. The monoisotopic (exact) mass is 410 g/mol. The largest absolute Gasteiger partial charge is 0.490 e. The van der Waals surface area contributed by atoms with Gasteiger partial charge in [-0.3, -0.25) is 4.79 Å². The molecule has 1 aromatic carbocycles. The number of nitrogens with zero attached hydrogens (tertiary/aromatic N) is 1. The summed E-state index contributed by atoms with van der Waals surface area (Å²) in [5.41, 5.74) is 5.68. The Labute approximate surface area is 171 Å². The lowest BCUT2D eigenvalue weighted by Crippen LogP contribution is -2.48. The first kappa shape index (κ1) is 22.8. The summed E-state index contributed by atoms with van der Waals surface area (Å²) in [6.07, 6.45) is -0.901. The highest BCUT2D eigenvalue weighted by Crippen LogP contribution is 2.26. The number of amides is 1. The fourth-order valence-electron chi connectivity index (χ4n) is 2.61. The molecule has 0 spiro atoms. The van der Waals surface area contributed by atoms with Crippen molar-refractivity contribution < 1.29 is 33.3 Å². The summed E-state index contributed by atoms with van der Waals surface area (Å²) >= 11 is 0. The molecular weight excluding hydrogens is 380 g/mol. The number of carbonyl (C=O) groups excluding carboxylic acids is 2. The number of rotatable bonds is 9. The maximum absolute atomic E-state index is 12.2. The SMILES string of the molecule is CCOc1ccccc1OC[C@@H]1CN(C(=O)OCOC(=O)[C@H](N)C(C)C)CCO1. The van der Waals surface area contributed by atoms with Gasteiger partial charge < -0.3 is 34.3 Å². The molecule has 9 nitrogen and oxygen atoms in total. The first-order valence-corrected chi connectivity index (χ1v) is 9.72. The number of hydrogen-bond donors (Lipinski definition) is 1. The van der Waals surface area contributed by atoms with Crippen molar-refractivity contribution in [3.8, 4) is 11.5 Å². The highest BCUT2D eigenvalue weighted by molar-refractivity contribution is 5.76. The van der Waals surface area contributed by atoms with Gasteiger partial charge in [0.15, 0.2) is 11.5 Å². The fraction of sp³-hybridized carbons (Fsp3) is 0.600. The molecule has 1 aliphatic heterocycles. The first-order chi connectivity index (χ1) is 13.9. The van der Waals surface area contributed by atoms with E-state index in [1.54, 1.807) is 13.8 Å². The lowest BCUT2D eigenvalue weighted by Gasteiger charge is -2.32. The standard InChI is InChI=1S/C20H30N2O7/c1-4-25-16-7-5-6-8-17(16)27-12-15-11-22(9-10-26-15)20(24)29-13-28-19(23)18(21)14(2)3/h5-8,14-15,18H,4,9-13,21H2,1-3H3/t15-,18+/m0/s1. The maximum Gasteiger partial charge on any atom is 0.412 e. The zero-order valence-corrected chi connectivity index (χ0v) is 17.2. The smallest absolute Gasteiger partial charge is 0.412 e. The summed E-state index contributed by atoms with van der Waals surface area (Å²) in [6, 6.07) is 6.62. The lowest BCUT2D eigenvalue weighted by molar-refractivity contribution is -0.155. The molecule has 1 amide bonds. The van der Waals surface area contributed by atoms with Crippen LogP contribution in [-0.2, 0) is 19.0 Å². The van der Waals surface area contributed by atoms with Crippen LogP contribution in [0.2, 0.25) is 0 Å². The van der Waals surface area contributed by atoms with E-state index in [2.05, 4.69) is 0 Å². The van der Waals surface area contributed by atoms with Crippen LogP contribution in [0.25, 0.3) is 0 Å². The van der Waals surface area contributed by atoms with Crippen molar-refractivity contribution >= 4 is 12.1 Å². The number of para-hydroxylation sites is 2. The topological polar surface area (TPSA) is 110 Å². The minimum absolute atomic E-state index is 0.0638. The highest BCUT2D eigenvalue weighted by atomic mass is 16.7. The first-order valence-electron chi connectivity index (χ1n) is 9.72. The summed E-state index contributed by atoms with van der Waals surface area (Å²) in [5, 5.41) is 0. The number of hydrogen-bond acceptors (Lipinski definition) is 8. The van der Waals surface area contributed by atoms with E-state index in [4.69, 9.17) is 29.4 Å². The van der Waals surface area contributed by atoms with Crippen molar-refractivity contribution in [2.75, 3.05) is 39.7 Å². The van der Waals surface area contributed by atoms with Crippen molar-refractivity contribution in [3.63, 3.8) is 0 Å². The summed E-state index contributed by atoms with van der Waals surface area (Å²) in [7, 11) is 0. The van der Waals surface area contributed by atoms with Gasteiger partial charge in [0.2, 0.25) is 6.79 Å². The van der Waals surface area contributed by atoms with Gasteiger partial charge in [0.1, 0.15) is 18.8 Å². The van der Waals surface area contributed by atoms with Crippen LogP contribution in [0.15, 0.2) is 24.3 Å². The van der Waals surface area contributed by atoms with E-state index < -0.39 is 24.9 Å². The third-order valence-corrected chi connectivity index (χ3v) is 4.34. The normalized spacial score (nSPS) is 17.6. The van der Waals surface area contributed by atoms with E-state index >= 15 is 0 Å². The second-order valence-electron chi connectivity index (χ2n) is 6.89. The van der Waals surface area contributed by atoms with Gasteiger partial charge in [0.05, 0.1) is 19.8 Å². The molecule has 2 rings (SSSR count). The summed E-state index contributed by atoms with van der Waals surface area (Å²) in [4.78, 5) is 25.4. The minimum atomic E-state index is -0.752. The van der Waals surface area contributed by atoms with Gasteiger partial charge in [-0.1, -0.05) is 26.0 Å². The van der Waals surface area contributed by atoms with Crippen LogP contribution in [0.3, 0.4) is 0 Å². The molecule has 0 saturated carbocycles. The van der Waals surface area contributed by atoms with Gasteiger partial charge in [0.25, 0.3) is 0 Å². The molecule has 0 aliphatic carbocycles. The second kappa shape index (κ2) is 11.5. The molecule has 0 unspecified atom stereocenters. The summed E-state index contributed by atoms with van der Waals surface area (Å²) in [6.45, 7) is 6.87. The van der Waals surface area contributed by atoms with Crippen LogP contribution in [0.5, 0.6) is 11.5 Å². The van der Waals surface area contributed by atoms with Gasteiger partial charge in [-0.15, -0.1) is 0 Å². The molecule has 1 aromatic rings. The van der Waals surface area contributed by atoms with Gasteiger partial charge in [-0.2, -0.15) is 0 Å². The Morgan fingerprint density at radius 1 is 1.21 bits per heavy atom. The molecule has 1 saturated heterocycles.